The molecule has 0 aromatic carbocycles. The molecular weight excluding hydrogens is 370 g/mol. The largest absolute Gasteiger partial charge is 0.480 e. The van der Waals surface area contributed by atoms with Gasteiger partial charge in [0.05, 0.1) is 37.4 Å². The van der Waals surface area contributed by atoms with Crippen LogP contribution in [-0.4, -0.2) is 58.8 Å². The zero-order chi connectivity index (χ0) is 19.8. The fraction of sp³-hybridized carbons (Fsp3) is 0.588. The molecule has 1 fully saturated rings. The number of hydrogen-bond donors (Lipinski definition) is 0. The van der Waals surface area contributed by atoms with Crippen molar-refractivity contribution in [2.24, 2.45) is 0 Å². The van der Waals surface area contributed by atoms with Crippen molar-refractivity contribution in [1.29, 1.82) is 0 Å². The SMILES string of the molecule is COc1cncc(OC2CCN(S(=O)(=O)c3c(C)nn(C(C)C)c3C)C2)n1. The number of rotatable bonds is 6. The maximum atomic E-state index is 13.2. The molecule has 3 rings (SSSR count). The summed E-state index contributed by atoms with van der Waals surface area (Å²) in [5, 5.41) is 4.40. The van der Waals surface area contributed by atoms with Gasteiger partial charge in [0, 0.05) is 12.6 Å². The Morgan fingerprint density at radius 3 is 2.56 bits per heavy atom. The van der Waals surface area contributed by atoms with E-state index in [2.05, 4.69) is 15.1 Å². The van der Waals surface area contributed by atoms with Crippen molar-refractivity contribution in [3.05, 3.63) is 23.8 Å². The van der Waals surface area contributed by atoms with Crippen molar-refractivity contribution in [2.45, 2.75) is 51.2 Å². The summed E-state index contributed by atoms with van der Waals surface area (Å²) in [6.45, 7) is 8.12. The van der Waals surface area contributed by atoms with Crippen molar-refractivity contribution in [3.63, 3.8) is 0 Å². The molecule has 10 heteroatoms. The van der Waals surface area contributed by atoms with Gasteiger partial charge >= 0.3 is 0 Å². The first-order valence-electron chi connectivity index (χ1n) is 8.82. The molecule has 0 spiro atoms. The summed E-state index contributed by atoms with van der Waals surface area (Å²) >= 11 is 0. The van der Waals surface area contributed by atoms with Gasteiger partial charge in [-0.15, -0.1) is 0 Å². The van der Waals surface area contributed by atoms with E-state index in [0.29, 0.717) is 36.1 Å². The summed E-state index contributed by atoms with van der Waals surface area (Å²) in [6.07, 6.45) is 3.26. The van der Waals surface area contributed by atoms with E-state index in [4.69, 9.17) is 9.47 Å². The number of sulfonamides is 1. The Morgan fingerprint density at radius 1 is 1.22 bits per heavy atom. The Balaban J connectivity index is 1.78. The number of hydrogen-bond acceptors (Lipinski definition) is 7. The first-order chi connectivity index (χ1) is 12.7. The predicted molar refractivity (Wildman–Crippen MR) is 98.5 cm³/mol. The lowest BCUT2D eigenvalue weighted by Gasteiger charge is -2.17. The number of nitrogens with zero attached hydrogens (tertiary/aromatic N) is 5. The average Bonchev–Trinajstić information content (AvgIpc) is 3.20. The minimum atomic E-state index is -3.64. The average molecular weight is 395 g/mol. The van der Waals surface area contributed by atoms with Gasteiger partial charge in [0.25, 0.3) is 0 Å². The van der Waals surface area contributed by atoms with E-state index >= 15 is 0 Å². The van der Waals surface area contributed by atoms with Crippen molar-refractivity contribution in [2.75, 3.05) is 20.2 Å². The first kappa shape index (κ1) is 19.6. The molecule has 1 unspecified atom stereocenters. The molecule has 1 aliphatic rings. The third-order valence-electron chi connectivity index (χ3n) is 4.54. The summed E-state index contributed by atoms with van der Waals surface area (Å²) < 4.78 is 40.4. The molecule has 0 aliphatic carbocycles. The van der Waals surface area contributed by atoms with Crippen molar-refractivity contribution < 1.29 is 17.9 Å². The highest BCUT2D eigenvalue weighted by Crippen LogP contribution is 2.29. The van der Waals surface area contributed by atoms with E-state index in [1.165, 1.54) is 23.8 Å². The van der Waals surface area contributed by atoms with Gasteiger partial charge in [-0.05, 0) is 34.1 Å². The highest BCUT2D eigenvalue weighted by Gasteiger charge is 2.37. The normalized spacial score (nSPS) is 18.2. The molecule has 9 nitrogen and oxygen atoms in total. The number of aromatic nitrogens is 4. The molecule has 3 heterocycles. The van der Waals surface area contributed by atoms with Gasteiger partial charge in [-0.2, -0.15) is 14.4 Å². The van der Waals surface area contributed by atoms with Gasteiger partial charge in [-0.1, -0.05) is 0 Å². The van der Waals surface area contributed by atoms with Crippen LogP contribution < -0.4 is 9.47 Å². The van der Waals surface area contributed by atoms with Crippen LogP contribution in [0.4, 0.5) is 0 Å². The monoisotopic (exact) mass is 395 g/mol. The second-order valence-corrected chi connectivity index (χ2v) is 8.70. The van der Waals surface area contributed by atoms with Crippen LogP contribution in [0.25, 0.3) is 0 Å². The highest BCUT2D eigenvalue weighted by atomic mass is 32.2. The van der Waals surface area contributed by atoms with Crippen LogP contribution in [0.15, 0.2) is 17.3 Å². The van der Waals surface area contributed by atoms with Crippen LogP contribution in [0.1, 0.15) is 37.7 Å². The van der Waals surface area contributed by atoms with E-state index in [-0.39, 0.29) is 23.6 Å². The minimum absolute atomic E-state index is 0.0916. The summed E-state index contributed by atoms with van der Waals surface area (Å²) in [5.74, 6) is 0.668. The van der Waals surface area contributed by atoms with Gasteiger partial charge in [0.2, 0.25) is 21.8 Å². The fourth-order valence-corrected chi connectivity index (χ4v) is 5.17. The lowest BCUT2D eigenvalue weighted by molar-refractivity contribution is 0.203. The van der Waals surface area contributed by atoms with Crippen LogP contribution in [0.5, 0.6) is 11.8 Å². The van der Waals surface area contributed by atoms with E-state index in [1.54, 1.807) is 18.5 Å². The van der Waals surface area contributed by atoms with Gasteiger partial charge in [-0.3, -0.25) is 9.67 Å². The first-order valence-corrected chi connectivity index (χ1v) is 10.3. The second-order valence-electron chi connectivity index (χ2n) is 6.83. The Labute approximate surface area is 159 Å². The number of ether oxygens (including phenoxy) is 2. The maximum absolute atomic E-state index is 13.2. The fourth-order valence-electron chi connectivity index (χ4n) is 3.32. The molecule has 0 N–H and O–H groups in total. The molecule has 2 aromatic heterocycles. The number of methoxy groups -OCH3 is 1. The molecule has 1 aliphatic heterocycles. The van der Waals surface area contributed by atoms with Crippen LogP contribution in [0.3, 0.4) is 0 Å². The molecule has 1 saturated heterocycles. The van der Waals surface area contributed by atoms with Gasteiger partial charge in [-0.25, -0.2) is 8.42 Å². The van der Waals surface area contributed by atoms with E-state index < -0.39 is 10.0 Å². The Morgan fingerprint density at radius 2 is 1.93 bits per heavy atom. The van der Waals surface area contributed by atoms with Gasteiger partial charge in [0.1, 0.15) is 11.0 Å². The minimum Gasteiger partial charge on any atom is -0.480 e. The van der Waals surface area contributed by atoms with E-state index in [0.717, 1.165) is 0 Å². The molecule has 148 valence electrons. The third kappa shape index (κ3) is 3.77. The summed E-state index contributed by atoms with van der Waals surface area (Å²) in [6, 6.07) is 0.0916. The summed E-state index contributed by atoms with van der Waals surface area (Å²) in [4.78, 5) is 8.45. The van der Waals surface area contributed by atoms with Gasteiger partial charge in [0.15, 0.2) is 0 Å². The topological polar surface area (TPSA) is 99.4 Å². The Kier molecular flexibility index (Phi) is 5.38. The lowest BCUT2D eigenvalue weighted by atomic mass is 10.3. The quantitative estimate of drug-likeness (QED) is 0.734. The van der Waals surface area contributed by atoms with Crippen LogP contribution in [-0.2, 0) is 10.0 Å². The molecule has 0 bridgehead atoms. The summed E-state index contributed by atoms with van der Waals surface area (Å²) in [5.41, 5.74) is 1.18. The van der Waals surface area contributed by atoms with Crippen LogP contribution in [0.2, 0.25) is 0 Å². The molecule has 0 amide bonds. The van der Waals surface area contributed by atoms with Gasteiger partial charge < -0.3 is 9.47 Å². The van der Waals surface area contributed by atoms with Crippen molar-refractivity contribution >= 4 is 10.0 Å². The van der Waals surface area contributed by atoms with E-state index in [9.17, 15) is 8.42 Å². The Hall–Kier alpha value is -2.20. The zero-order valence-corrected chi connectivity index (χ0v) is 17.0. The van der Waals surface area contributed by atoms with E-state index in [1.807, 2.05) is 13.8 Å². The second kappa shape index (κ2) is 7.43. The highest BCUT2D eigenvalue weighted by molar-refractivity contribution is 7.89. The van der Waals surface area contributed by atoms with Crippen LogP contribution in [0, 0.1) is 13.8 Å². The Bertz CT molecular complexity index is 925. The van der Waals surface area contributed by atoms with Crippen molar-refractivity contribution in [3.8, 4) is 11.8 Å². The van der Waals surface area contributed by atoms with Crippen molar-refractivity contribution in [1.82, 2.24) is 24.1 Å². The zero-order valence-electron chi connectivity index (χ0n) is 16.2. The lowest BCUT2D eigenvalue weighted by Crippen LogP contribution is -2.31. The molecule has 0 saturated carbocycles. The molecular formula is C17H25N5O4S. The predicted octanol–water partition coefficient (Wildman–Crippen LogP) is 1.72. The molecule has 27 heavy (non-hydrogen) atoms. The maximum Gasteiger partial charge on any atom is 0.246 e. The molecule has 2 aromatic rings. The standard InChI is InChI=1S/C17H25N5O4S/c1-11(2)22-13(4)17(12(3)20-22)27(23,24)21-7-6-14(10-21)26-16-9-18-8-15(19-16)25-5/h8-9,11,14H,6-7,10H2,1-5H3. The molecule has 0 radical (unpaired) electrons. The van der Waals surface area contributed by atoms with Crippen LogP contribution >= 0.6 is 0 Å². The smallest absolute Gasteiger partial charge is 0.246 e. The number of aryl methyl sites for hydroxylation is 1. The summed E-state index contributed by atoms with van der Waals surface area (Å²) in [7, 11) is -2.14. The molecule has 1 atom stereocenters. The third-order valence-corrected chi connectivity index (χ3v) is 6.66.